The van der Waals surface area contributed by atoms with Crippen LogP contribution in [0, 0.1) is 17.8 Å². The Labute approximate surface area is 57.9 Å². The van der Waals surface area contributed by atoms with E-state index in [4.69, 9.17) is 7.98 Å². The van der Waals surface area contributed by atoms with Gasteiger partial charge in [0.25, 0.3) is 0 Å². The Balaban J connectivity index is 2.01. The van der Waals surface area contributed by atoms with Crippen LogP contribution in [0.5, 0.6) is 0 Å². The first kappa shape index (κ1) is 5.78. The molecule has 9 heavy (non-hydrogen) atoms. The minimum absolute atomic E-state index is 0.925. The molecule has 3 rings (SSSR count). The molecule has 1 saturated carbocycles. The zero-order valence-electron chi connectivity index (χ0n) is 5.88. The summed E-state index contributed by atoms with van der Waals surface area (Å²) in [5.41, 5.74) is 0. The summed E-state index contributed by atoms with van der Waals surface area (Å²) in [6.45, 7) is 4.63. The molecule has 0 spiro atoms. The molecule has 2 unspecified atom stereocenters. The third-order valence-electron chi connectivity index (χ3n) is 3.03. The highest BCUT2D eigenvalue weighted by atomic mass is 15.1. The SMILES string of the molecule is [B]N1CC2CC(C1)C2C. The normalized spacial score (nSPS) is 50.6. The highest BCUT2D eigenvalue weighted by molar-refractivity contribution is 6.04. The standard InChI is InChI=1S/C7H12BN/c1-5-6-2-7(5)4-9(8)3-6/h5-7H,2-4H2,1H3. The summed E-state index contributed by atoms with van der Waals surface area (Å²) in [5, 5.41) is 0. The lowest BCUT2D eigenvalue weighted by Gasteiger charge is -2.52. The van der Waals surface area contributed by atoms with E-state index in [0.29, 0.717) is 0 Å². The van der Waals surface area contributed by atoms with Crippen LogP contribution in [0.25, 0.3) is 0 Å². The van der Waals surface area contributed by atoms with Crippen LogP contribution >= 0.6 is 0 Å². The third-order valence-corrected chi connectivity index (χ3v) is 3.03. The molecule has 2 atom stereocenters. The predicted octanol–water partition coefficient (Wildman–Crippen LogP) is 0.658. The van der Waals surface area contributed by atoms with Gasteiger partial charge < -0.3 is 4.81 Å². The largest absolute Gasteiger partial charge is 0.353 e. The fourth-order valence-electron chi connectivity index (χ4n) is 2.17. The molecular weight excluding hydrogens is 109 g/mol. The quantitative estimate of drug-likeness (QED) is 0.425. The Hall–Kier alpha value is 0.0249. The van der Waals surface area contributed by atoms with Crippen molar-refractivity contribution in [1.29, 1.82) is 0 Å². The van der Waals surface area contributed by atoms with E-state index in [1.807, 2.05) is 4.81 Å². The minimum atomic E-state index is 0.925. The lowest BCUT2D eigenvalue weighted by atomic mass is 9.62. The maximum atomic E-state index is 5.65. The van der Waals surface area contributed by atoms with E-state index in [9.17, 15) is 0 Å². The Morgan fingerprint density at radius 3 is 2.22 bits per heavy atom. The van der Waals surface area contributed by atoms with Crippen molar-refractivity contribution < 1.29 is 0 Å². The topological polar surface area (TPSA) is 3.24 Å². The van der Waals surface area contributed by atoms with Crippen molar-refractivity contribution in [3.8, 4) is 0 Å². The van der Waals surface area contributed by atoms with Crippen LogP contribution in [-0.4, -0.2) is 25.9 Å². The van der Waals surface area contributed by atoms with Crippen LogP contribution in [0.3, 0.4) is 0 Å². The van der Waals surface area contributed by atoms with Gasteiger partial charge in [0.1, 0.15) is 0 Å². The fourth-order valence-corrected chi connectivity index (χ4v) is 2.17. The van der Waals surface area contributed by atoms with Crippen molar-refractivity contribution in [2.24, 2.45) is 17.8 Å². The van der Waals surface area contributed by atoms with Crippen LogP contribution < -0.4 is 0 Å². The molecule has 2 heteroatoms. The summed E-state index contributed by atoms with van der Waals surface area (Å²) >= 11 is 0. The molecule has 2 radical (unpaired) electrons. The summed E-state index contributed by atoms with van der Waals surface area (Å²) in [5.74, 6) is 2.81. The van der Waals surface area contributed by atoms with E-state index in [1.54, 1.807) is 0 Å². The highest BCUT2D eigenvalue weighted by Crippen LogP contribution is 2.44. The van der Waals surface area contributed by atoms with E-state index in [1.165, 1.54) is 6.42 Å². The summed E-state index contributed by atoms with van der Waals surface area (Å²) in [6.07, 6.45) is 1.44. The number of hydrogen-bond acceptors (Lipinski definition) is 1. The second kappa shape index (κ2) is 1.75. The lowest BCUT2D eigenvalue weighted by Crippen LogP contribution is -2.53. The second-order valence-corrected chi connectivity index (χ2v) is 3.57. The molecule has 0 aromatic carbocycles. The van der Waals surface area contributed by atoms with E-state index < -0.39 is 0 Å². The molecule has 0 aromatic heterocycles. The molecule has 2 bridgehead atoms. The molecule has 3 fully saturated rings. The van der Waals surface area contributed by atoms with Gasteiger partial charge in [0.05, 0.1) is 0 Å². The fraction of sp³-hybridized carbons (Fsp3) is 1.00. The maximum absolute atomic E-state index is 5.65. The Kier molecular flexibility index (Phi) is 1.13. The van der Waals surface area contributed by atoms with Crippen LogP contribution in [0.15, 0.2) is 0 Å². The number of fused-ring (bicyclic) bond motifs is 2. The van der Waals surface area contributed by atoms with Crippen molar-refractivity contribution in [3.05, 3.63) is 0 Å². The van der Waals surface area contributed by atoms with Gasteiger partial charge in [0.2, 0.25) is 0 Å². The molecule has 0 amide bonds. The summed E-state index contributed by atoms with van der Waals surface area (Å²) in [6, 6.07) is 0. The van der Waals surface area contributed by atoms with Crippen molar-refractivity contribution >= 4 is 7.98 Å². The predicted molar refractivity (Wildman–Crippen MR) is 38.1 cm³/mol. The van der Waals surface area contributed by atoms with Gasteiger partial charge in [0.15, 0.2) is 7.98 Å². The molecule has 2 saturated heterocycles. The second-order valence-electron chi connectivity index (χ2n) is 3.57. The zero-order chi connectivity index (χ0) is 6.43. The molecule has 0 N–H and O–H groups in total. The summed E-state index contributed by atoms with van der Waals surface area (Å²) < 4.78 is 0. The van der Waals surface area contributed by atoms with Crippen molar-refractivity contribution in [2.75, 3.05) is 13.1 Å². The van der Waals surface area contributed by atoms with E-state index in [0.717, 1.165) is 30.8 Å². The Morgan fingerprint density at radius 2 is 1.89 bits per heavy atom. The van der Waals surface area contributed by atoms with Crippen molar-refractivity contribution in [1.82, 2.24) is 4.81 Å². The van der Waals surface area contributed by atoms with Gasteiger partial charge in [-0.05, 0) is 37.3 Å². The van der Waals surface area contributed by atoms with Crippen LogP contribution in [0.2, 0.25) is 0 Å². The van der Waals surface area contributed by atoms with Crippen LogP contribution in [0.4, 0.5) is 0 Å². The average molecular weight is 121 g/mol. The molecule has 3 aliphatic rings. The molecule has 1 nitrogen and oxygen atoms in total. The van der Waals surface area contributed by atoms with Crippen LogP contribution in [0.1, 0.15) is 13.3 Å². The minimum Gasteiger partial charge on any atom is -0.353 e. The summed E-state index contributed by atoms with van der Waals surface area (Å²) in [4.78, 5) is 1.97. The molecule has 0 aromatic rings. The van der Waals surface area contributed by atoms with Gasteiger partial charge in [-0.15, -0.1) is 0 Å². The smallest absolute Gasteiger partial charge is 0.182 e. The van der Waals surface area contributed by atoms with E-state index >= 15 is 0 Å². The first-order valence-electron chi connectivity index (χ1n) is 3.77. The maximum Gasteiger partial charge on any atom is 0.182 e. The third kappa shape index (κ3) is 0.726. The molecule has 2 aliphatic heterocycles. The number of piperidine rings is 2. The van der Waals surface area contributed by atoms with E-state index in [2.05, 4.69) is 6.92 Å². The average Bonchev–Trinajstić information content (AvgIpc) is 1.87. The molecular formula is C7H12BN. The van der Waals surface area contributed by atoms with Crippen molar-refractivity contribution in [2.45, 2.75) is 13.3 Å². The Morgan fingerprint density at radius 1 is 1.33 bits per heavy atom. The monoisotopic (exact) mass is 121 g/mol. The van der Waals surface area contributed by atoms with Gasteiger partial charge in [-0.3, -0.25) is 0 Å². The van der Waals surface area contributed by atoms with Gasteiger partial charge in [-0.25, -0.2) is 0 Å². The van der Waals surface area contributed by atoms with Gasteiger partial charge in [0, 0.05) is 0 Å². The summed E-state index contributed by atoms with van der Waals surface area (Å²) in [7, 11) is 5.65. The first-order chi connectivity index (χ1) is 4.27. The highest BCUT2D eigenvalue weighted by Gasteiger charge is 2.41. The molecule has 48 valence electrons. The number of nitrogens with zero attached hydrogens (tertiary/aromatic N) is 1. The lowest BCUT2D eigenvalue weighted by molar-refractivity contribution is 0.00376. The van der Waals surface area contributed by atoms with Gasteiger partial charge in [-0.2, -0.15) is 0 Å². The number of rotatable bonds is 0. The number of hydrogen-bond donors (Lipinski definition) is 0. The zero-order valence-corrected chi connectivity index (χ0v) is 5.88. The first-order valence-corrected chi connectivity index (χ1v) is 3.77. The van der Waals surface area contributed by atoms with Gasteiger partial charge >= 0.3 is 0 Å². The van der Waals surface area contributed by atoms with Crippen LogP contribution in [-0.2, 0) is 0 Å². The molecule has 2 heterocycles. The van der Waals surface area contributed by atoms with Crippen molar-refractivity contribution in [3.63, 3.8) is 0 Å². The Bertz CT molecular complexity index is 114. The van der Waals surface area contributed by atoms with E-state index in [-0.39, 0.29) is 0 Å². The van der Waals surface area contributed by atoms with Gasteiger partial charge in [-0.1, -0.05) is 6.92 Å². The molecule has 1 aliphatic carbocycles.